The molecule has 1 amide bonds. The summed E-state index contributed by atoms with van der Waals surface area (Å²) in [5, 5.41) is 2.88. The molecule has 1 N–H and O–H groups in total. The Morgan fingerprint density at radius 3 is 2.65 bits per heavy atom. The van der Waals surface area contributed by atoms with E-state index in [0.717, 1.165) is 0 Å². The molecule has 7 heteroatoms. The van der Waals surface area contributed by atoms with Crippen LogP contribution in [0.4, 0.5) is 13.2 Å². The van der Waals surface area contributed by atoms with Crippen molar-refractivity contribution in [3.63, 3.8) is 0 Å². The lowest BCUT2D eigenvalue weighted by Gasteiger charge is -2.32. The summed E-state index contributed by atoms with van der Waals surface area (Å²) >= 11 is 0. The third kappa shape index (κ3) is 5.42. The predicted molar refractivity (Wildman–Crippen MR) is 80.3 cm³/mol. The lowest BCUT2D eigenvalue weighted by molar-refractivity contribution is -0.121. The van der Waals surface area contributed by atoms with Crippen LogP contribution in [0.5, 0.6) is 5.75 Å². The molecule has 2 rings (SSSR count). The van der Waals surface area contributed by atoms with E-state index in [9.17, 15) is 18.0 Å². The first-order valence-corrected chi connectivity index (χ1v) is 7.60. The molecule has 0 spiro atoms. The van der Waals surface area contributed by atoms with Crippen LogP contribution in [0.1, 0.15) is 18.4 Å². The summed E-state index contributed by atoms with van der Waals surface area (Å²) < 4.78 is 43.0. The standard InChI is InChI=1S/C16H21F3N2O2/c1-23-14-3-2-11(8-13(14)17)9-16(22)20-12-4-6-21(7-5-12)10-15(18)19/h2-3,8,12,15H,4-7,9-10H2,1H3,(H,20,22). The number of benzene rings is 1. The van der Waals surface area contributed by atoms with E-state index < -0.39 is 12.2 Å². The van der Waals surface area contributed by atoms with Crippen molar-refractivity contribution in [2.75, 3.05) is 26.7 Å². The van der Waals surface area contributed by atoms with Crippen LogP contribution in [0.2, 0.25) is 0 Å². The Morgan fingerprint density at radius 2 is 2.09 bits per heavy atom. The quantitative estimate of drug-likeness (QED) is 0.870. The number of amides is 1. The number of likely N-dealkylation sites (tertiary alicyclic amines) is 1. The van der Waals surface area contributed by atoms with Gasteiger partial charge in [-0.05, 0) is 30.5 Å². The smallest absolute Gasteiger partial charge is 0.251 e. The number of rotatable bonds is 6. The summed E-state index contributed by atoms with van der Waals surface area (Å²) in [4.78, 5) is 13.7. The number of hydrogen-bond acceptors (Lipinski definition) is 3. The Hall–Kier alpha value is -1.76. The maximum absolute atomic E-state index is 13.6. The average Bonchev–Trinajstić information content (AvgIpc) is 2.49. The second-order valence-electron chi connectivity index (χ2n) is 5.68. The molecule has 0 radical (unpaired) electrons. The number of halogens is 3. The Balaban J connectivity index is 1.78. The molecular formula is C16H21F3N2O2. The Morgan fingerprint density at radius 1 is 1.39 bits per heavy atom. The van der Waals surface area contributed by atoms with Crippen LogP contribution >= 0.6 is 0 Å². The topological polar surface area (TPSA) is 41.6 Å². The molecule has 1 aromatic rings. The van der Waals surface area contributed by atoms with E-state index in [-0.39, 0.29) is 30.7 Å². The lowest BCUT2D eigenvalue weighted by Crippen LogP contribution is -2.46. The Bertz CT molecular complexity index is 532. The van der Waals surface area contributed by atoms with Crippen LogP contribution in [0.15, 0.2) is 18.2 Å². The van der Waals surface area contributed by atoms with Gasteiger partial charge >= 0.3 is 0 Å². The van der Waals surface area contributed by atoms with Crippen molar-refractivity contribution in [2.24, 2.45) is 0 Å². The third-order valence-electron chi connectivity index (χ3n) is 3.93. The molecule has 0 saturated carbocycles. The van der Waals surface area contributed by atoms with Gasteiger partial charge in [-0.25, -0.2) is 13.2 Å². The highest BCUT2D eigenvalue weighted by Crippen LogP contribution is 2.18. The lowest BCUT2D eigenvalue weighted by atomic mass is 10.0. The maximum atomic E-state index is 13.6. The minimum absolute atomic E-state index is 0.0143. The molecule has 1 aliphatic rings. The number of ether oxygens (including phenoxy) is 1. The number of carbonyl (C=O) groups excluding carboxylic acids is 1. The highest BCUT2D eigenvalue weighted by molar-refractivity contribution is 5.78. The van der Waals surface area contributed by atoms with E-state index in [1.165, 1.54) is 19.2 Å². The van der Waals surface area contributed by atoms with E-state index in [0.29, 0.717) is 31.5 Å². The first-order chi connectivity index (χ1) is 11.0. The minimum atomic E-state index is -2.33. The number of nitrogens with zero attached hydrogens (tertiary/aromatic N) is 1. The van der Waals surface area contributed by atoms with Gasteiger partial charge in [0.2, 0.25) is 5.91 Å². The van der Waals surface area contributed by atoms with Crippen molar-refractivity contribution >= 4 is 5.91 Å². The minimum Gasteiger partial charge on any atom is -0.494 e. The molecule has 1 aliphatic heterocycles. The fourth-order valence-electron chi connectivity index (χ4n) is 2.74. The van der Waals surface area contributed by atoms with Gasteiger partial charge in [-0.15, -0.1) is 0 Å². The van der Waals surface area contributed by atoms with E-state index in [2.05, 4.69) is 5.32 Å². The predicted octanol–water partition coefficient (Wildman–Crippen LogP) is 2.22. The van der Waals surface area contributed by atoms with Crippen LogP contribution in [0.25, 0.3) is 0 Å². The second kappa shape index (κ2) is 8.19. The number of alkyl halides is 2. The van der Waals surface area contributed by atoms with Gasteiger partial charge in [0.05, 0.1) is 20.1 Å². The van der Waals surface area contributed by atoms with Crippen LogP contribution in [0, 0.1) is 5.82 Å². The van der Waals surface area contributed by atoms with Crippen molar-refractivity contribution in [3.8, 4) is 5.75 Å². The fraction of sp³-hybridized carbons (Fsp3) is 0.562. The van der Waals surface area contributed by atoms with E-state index in [4.69, 9.17) is 4.74 Å². The molecule has 4 nitrogen and oxygen atoms in total. The van der Waals surface area contributed by atoms with E-state index in [1.807, 2.05) is 0 Å². The first kappa shape index (κ1) is 17.6. The summed E-state index contributed by atoms with van der Waals surface area (Å²) in [6.07, 6.45) is -0.950. The molecule has 1 fully saturated rings. The van der Waals surface area contributed by atoms with Crippen molar-refractivity contribution in [3.05, 3.63) is 29.6 Å². The zero-order valence-corrected chi connectivity index (χ0v) is 13.0. The second-order valence-corrected chi connectivity index (χ2v) is 5.68. The van der Waals surface area contributed by atoms with Crippen LogP contribution in [0.3, 0.4) is 0 Å². The van der Waals surface area contributed by atoms with Gasteiger partial charge in [0.25, 0.3) is 6.43 Å². The van der Waals surface area contributed by atoms with Gasteiger partial charge < -0.3 is 10.1 Å². The molecule has 23 heavy (non-hydrogen) atoms. The van der Waals surface area contributed by atoms with E-state index >= 15 is 0 Å². The summed E-state index contributed by atoms with van der Waals surface area (Å²) in [5.41, 5.74) is 0.566. The van der Waals surface area contributed by atoms with Crippen molar-refractivity contribution in [1.29, 1.82) is 0 Å². The number of piperidine rings is 1. The number of carbonyl (C=O) groups is 1. The Kier molecular flexibility index (Phi) is 6.27. The normalized spacial score (nSPS) is 16.6. The van der Waals surface area contributed by atoms with Crippen LogP contribution in [-0.2, 0) is 11.2 Å². The zero-order valence-electron chi connectivity index (χ0n) is 13.0. The largest absolute Gasteiger partial charge is 0.494 e. The van der Waals surface area contributed by atoms with Crippen LogP contribution < -0.4 is 10.1 Å². The van der Waals surface area contributed by atoms with Gasteiger partial charge in [0.1, 0.15) is 0 Å². The molecule has 1 heterocycles. The molecular weight excluding hydrogens is 309 g/mol. The monoisotopic (exact) mass is 330 g/mol. The van der Waals surface area contributed by atoms with Gasteiger partial charge in [-0.2, -0.15) is 0 Å². The number of hydrogen-bond donors (Lipinski definition) is 1. The molecule has 1 aromatic carbocycles. The summed E-state index contributed by atoms with van der Waals surface area (Å²) in [6, 6.07) is 4.40. The number of methoxy groups -OCH3 is 1. The first-order valence-electron chi connectivity index (χ1n) is 7.60. The zero-order chi connectivity index (χ0) is 16.8. The fourth-order valence-corrected chi connectivity index (χ4v) is 2.74. The maximum Gasteiger partial charge on any atom is 0.251 e. The molecule has 1 saturated heterocycles. The van der Waals surface area contributed by atoms with Gasteiger partial charge in [-0.1, -0.05) is 6.07 Å². The third-order valence-corrected chi connectivity index (χ3v) is 3.93. The molecule has 0 aliphatic carbocycles. The molecule has 0 aromatic heterocycles. The van der Waals surface area contributed by atoms with Gasteiger partial charge in [0, 0.05) is 19.1 Å². The van der Waals surface area contributed by atoms with Crippen molar-refractivity contribution in [1.82, 2.24) is 10.2 Å². The Labute approximate surface area is 133 Å². The molecule has 0 atom stereocenters. The number of nitrogens with one attached hydrogen (secondary N) is 1. The van der Waals surface area contributed by atoms with Crippen molar-refractivity contribution in [2.45, 2.75) is 31.7 Å². The summed E-state index contributed by atoms with van der Waals surface area (Å²) in [5.74, 6) is -0.555. The average molecular weight is 330 g/mol. The molecule has 128 valence electrons. The SMILES string of the molecule is COc1ccc(CC(=O)NC2CCN(CC(F)F)CC2)cc1F. The highest BCUT2D eigenvalue weighted by atomic mass is 19.3. The van der Waals surface area contributed by atoms with Gasteiger partial charge in [0.15, 0.2) is 11.6 Å². The molecule has 0 bridgehead atoms. The van der Waals surface area contributed by atoms with E-state index in [1.54, 1.807) is 11.0 Å². The highest BCUT2D eigenvalue weighted by Gasteiger charge is 2.22. The van der Waals surface area contributed by atoms with Gasteiger partial charge in [-0.3, -0.25) is 9.69 Å². The summed E-state index contributed by atoms with van der Waals surface area (Å²) in [7, 11) is 1.38. The van der Waals surface area contributed by atoms with Crippen molar-refractivity contribution < 1.29 is 22.7 Å². The molecule has 0 unspecified atom stereocenters. The summed E-state index contributed by atoms with van der Waals surface area (Å²) in [6.45, 7) is 0.880. The van der Waals surface area contributed by atoms with Crippen LogP contribution in [-0.4, -0.2) is 50.0 Å².